The summed E-state index contributed by atoms with van der Waals surface area (Å²) in [4.78, 5) is 13.7. The van der Waals surface area contributed by atoms with E-state index >= 15 is 0 Å². The molecule has 0 aliphatic rings. The lowest BCUT2D eigenvalue weighted by Crippen LogP contribution is -3.04. The molecular weight excluding hydrogens is 386 g/mol. The van der Waals surface area contributed by atoms with E-state index in [2.05, 4.69) is 30.2 Å². The molecule has 0 saturated heterocycles. The average molecular weight is 419 g/mol. The maximum Gasteiger partial charge on any atom is 0.240 e. The Balaban J connectivity index is 1.78. The van der Waals surface area contributed by atoms with Crippen molar-refractivity contribution in [3.63, 3.8) is 0 Å². The van der Waals surface area contributed by atoms with Gasteiger partial charge in [0.15, 0.2) is 0 Å². The molecule has 0 fully saturated rings. The van der Waals surface area contributed by atoms with Crippen molar-refractivity contribution >= 4 is 15.9 Å². The summed E-state index contributed by atoms with van der Waals surface area (Å²) in [5, 5.41) is 2.93. The zero-order valence-corrected chi connectivity index (χ0v) is 18.5. The molecule has 1 amide bonds. The van der Waals surface area contributed by atoms with E-state index < -0.39 is 10.0 Å². The fraction of sp³-hybridized carbons (Fsp3) is 0.409. The molecular formula is C22H32N3O3S+. The van der Waals surface area contributed by atoms with Gasteiger partial charge in [-0.15, -0.1) is 0 Å². The summed E-state index contributed by atoms with van der Waals surface area (Å²) in [6.45, 7) is 5.43. The van der Waals surface area contributed by atoms with Crippen LogP contribution in [0.15, 0.2) is 47.4 Å². The monoisotopic (exact) mass is 418 g/mol. The lowest BCUT2D eigenvalue weighted by molar-refractivity contribution is -0.872. The second kappa shape index (κ2) is 10.5. The Bertz CT molecular complexity index is 940. The molecule has 2 aromatic carbocycles. The van der Waals surface area contributed by atoms with Crippen LogP contribution in [0, 0.1) is 13.8 Å². The number of quaternary nitrogens is 1. The van der Waals surface area contributed by atoms with Gasteiger partial charge in [-0.2, -0.15) is 0 Å². The molecule has 0 heterocycles. The van der Waals surface area contributed by atoms with E-state index in [-0.39, 0.29) is 23.8 Å². The fourth-order valence-electron chi connectivity index (χ4n) is 2.99. The lowest BCUT2D eigenvalue weighted by atomic mass is 10.1. The molecule has 0 saturated carbocycles. The maximum absolute atomic E-state index is 12.4. The van der Waals surface area contributed by atoms with Crippen LogP contribution in [0.1, 0.15) is 35.1 Å². The largest absolute Gasteiger partial charge is 0.352 e. The minimum absolute atomic E-state index is 0.0811. The van der Waals surface area contributed by atoms with E-state index in [9.17, 15) is 13.2 Å². The molecule has 7 heteroatoms. The van der Waals surface area contributed by atoms with E-state index in [1.807, 2.05) is 32.0 Å². The highest BCUT2D eigenvalue weighted by molar-refractivity contribution is 7.89. The summed E-state index contributed by atoms with van der Waals surface area (Å²) in [5.41, 5.74) is 4.31. The van der Waals surface area contributed by atoms with Gasteiger partial charge in [-0.25, -0.2) is 13.1 Å². The van der Waals surface area contributed by atoms with Crippen molar-refractivity contribution in [2.45, 2.75) is 44.7 Å². The van der Waals surface area contributed by atoms with Gasteiger partial charge in [-0.3, -0.25) is 4.79 Å². The van der Waals surface area contributed by atoms with Crippen LogP contribution >= 0.6 is 0 Å². The number of sulfonamides is 1. The van der Waals surface area contributed by atoms with Crippen LogP contribution < -0.4 is 14.9 Å². The fourth-order valence-corrected chi connectivity index (χ4v) is 4.14. The number of carbonyl (C=O) groups excluding carboxylic acids is 1. The van der Waals surface area contributed by atoms with Crippen LogP contribution in [0.2, 0.25) is 0 Å². The second-order valence-electron chi connectivity index (χ2n) is 7.68. The number of amides is 1. The number of rotatable bonds is 10. The predicted molar refractivity (Wildman–Crippen MR) is 115 cm³/mol. The summed E-state index contributed by atoms with van der Waals surface area (Å²) < 4.78 is 27.3. The molecule has 0 radical (unpaired) electrons. The Morgan fingerprint density at radius 3 is 2.34 bits per heavy atom. The van der Waals surface area contributed by atoms with Crippen molar-refractivity contribution in [2.75, 3.05) is 20.6 Å². The molecule has 2 rings (SSSR count). The Labute approximate surface area is 174 Å². The van der Waals surface area contributed by atoms with Gasteiger partial charge < -0.3 is 10.2 Å². The number of nitrogens with one attached hydrogen (secondary N) is 3. The van der Waals surface area contributed by atoms with E-state index in [1.54, 1.807) is 18.2 Å². The minimum atomic E-state index is -3.55. The Morgan fingerprint density at radius 2 is 1.69 bits per heavy atom. The van der Waals surface area contributed by atoms with Gasteiger partial charge >= 0.3 is 0 Å². The molecule has 0 aromatic heterocycles. The van der Waals surface area contributed by atoms with E-state index in [0.29, 0.717) is 13.0 Å². The number of carbonyl (C=O) groups is 1. The van der Waals surface area contributed by atoms with Crippen LogP contribution in [-0.2, 0) is 27.9 Å². The predicted octanol–water partition coefficient (Wildman–Crippen LogP) is 1.32. The minimum Gasteiger partial charge on any atom is -0.352 e. The lowest BCUT2D eigenvalue weighted by Gasteiger charge is -2.13. The van der Waals surface area contributed by atoms with E-state index in [0.717, 1.165) is 23.2 Å². The van der Waals surface area contributed by atoms with Gasteiger partial charge in [0, 0.05) is 25.1 Å². The van der Waals surface area contributed by atoms with Gasteiger partial charge in [-0.1, -0.05) is 30.3 Å². The zero-order chi connectivity index (χ0) is 21.4. The van der Waals surface area contributed by atoms with Crippen LogP contribution in [0.5, 0.6) is 0 Å². The highest BCUT2D eigenvalue weighted by atomic mass is 32.2. The normalized spacial score (nSPS) is 11.6. The van der Waals surface area contributed by atoms with Gasteiger partial charge in [0.25, 0.3) is 0 Å². The van der Waals surface area contributed by atoms with E-state index in [1.165, 1.54) is 10.5 Å². The van der Waals surface area contributed by atoms with Crippen molar-refractivity contribution in [3.8, 4) is 0 Å². The summed E-state index contributed by atoms with van der Waals surface area (Å²) in [7, 11) is 0.629. The van der Waals surface area contributed by atoms with Crippen molar-refractivity contribution in [1.29, 1.82) is 0 Å². The molecule has 3 N–H and O–H groups in total. The highest BCUT2D eigenvalue weighted by Gasteiger charge is 2.14. The number of aryl methyl sites for hydroxylation is 2. The first-order valence-electron chi connectivity index (χ1n) is 9.88. The first kappa shape index (κ1) is 23.1. The molecule has 158 valence electrons. The van der Waals surface area contributed by atoms with E-state index in [4.69, 9.17) is 0 Å². The third kappa shape index (κ3) is 7.27. The topological polar surface area (TPSA) is 79.7 Å². The summed E-state index contributed by atoms with van der Waals surface area (Å²) in [6.07, 6.45) is 0.718. The number of benzene rings is 2. The first-order valence-corrected chi connectivity index (χ1v) is 11.4. The first-order chi connectivity index (χ1) is 13.7. The maximum atomic E-state index is 12.4. The SMILES string of the molecule is Cc1ccc(S(=O)(=O)NCCCC(=O)NCc2ccccc2C[NH+](C)C)cc1C. The van der Waals surface area contributed by atoms with Gasteiger partial charge in [0.05, 0.1) is 19.0 Å². The van der Waals surface area contributed by atoms with Crippen molar-refractivity contribution < 1.29 is 18.1 Å². The summed E-state index contributed by atoms with van der Waals surface area (Å²) >= 11 is 0. The molecule has 0 spiro atoms. The molecule has 0 unspecified atom stereocenters. The molecule has 6 nitrogen and oxygen atoms in total. The number of hydrogen-bond donors (Lipinski definition) is 3. The molecule has 2 aromatic rings. The van der Waals surface area contributed by atoms with Gasteiger partial charge in [0.2, 0.25) is 15.9 Å². The number of hydrogen-bond acceptors (Lipinski definition) is 3. The highest BCUT2D eigenvalue weighted by Crippen LogP contribution is 2.14. The van der Waals surface area contributed by atoms with Crippen molar-refractivity contribution in [3.05, 3.63) is 64.7 Å². The van der Waals surface area contributed by atoms with Gasteiger partial charge in [-0.05, 0) is 49.1 Å². The Hall–Kier alpha value is -2.22. The average Bonchev–Trinajstić information content (AvgIpc) is 2.66. The van der Waals surface area contributed by atoms with Crippen LogP contribution in [0.3, 0.4) is 0 Å². The molecule has 0 atom stereocenters. The molecule has 29 heavy (non-hydrogen) atoms. The van der Waals surface area contributed by atoms with Gasteiger partial charge in [0.1, 0.15) is 6.54 Å². The zero-order valence-electron chi connectivity index (χ0n) is 17.7. The Kier molecular flexibility index (Phi) is 8.37. The van der Waals surface area contributed by atoms with Crippen LogP contribution in [0.4, 0.5) is 0 Å². The van der Waals surface area contributed by atoms with Crippen LogP contribution in [-0.4, -0.2) is 35.0 Å². The molecule has 0 aliphatic carbocycles. The molecule has 0 aliphatic heterocycles. The summed E-state index contributed by atoms with van der Waals surface area (Å²) in [5.74, 6) is -0.0811. The second-order valence-corrected chi connectivity index (χ2v) is 9.44. The third-order valence-electron chi connectivity index (χ3n) is 4.80. The van der Waals surface area contributed by atoms with Crippen molar-refractivity contribution in [1.82, 2.24) is 10.0 Å². The quantitative estimate of drug-likeness (QED) is 0.509. The third-order valence-corrected chi connectivity index (χ3v) is 6.26. The van der Waals surface area contributed by atoms with Crippen molar-refractivity contribution in [2.24, 2.45) is 0 Å². The smallest absolute Gasteiger partial charge is 0.240 e. The van der Waals surface area contributed by atoms with Crippen LogP contribution in [0.25, 0.3) is 0 Å². The summed E-state index contributed by atoms with van der Waals surface area (Å²) in [6, 6.07) is 13.1. The standard InChI is InChI=1S/C22H31N3O3S/c1-17-11-12-21(14-18(17)2)29(27,28)24-13-7-10-22(26)23-15-19-8-5-6-9-20(19)16-25(3)4/h5-6,8-9,11-12,14,24H,7,10,13,15-16H2,1-4H3,(H,23,26)/p+1. The molecule has 0 bridgehead atoms. The Morgan fingerprint density at radius 1 is 1.00 bits per heavy atom.